The fourth-order valence-corrected chi connectivity index (χ4v) is 11.6. The topological polar surface area (TPSA) is 39.9 Å². The first-order chi connectivity index (χ1) is 37.9. The van der Waals surface area contributed by atoms with Gasteiger partial charge in [-0.1, -0.05) is 198 Å². The van der Waals surface area contributed by atoms with Crippen LogP contribution in [0.15, 0.2) is 229 Å². The molecule has 0 radical (unpaired) electrons. The number of anilines is 6. The summed E-state index contributed by atoms with van der Waals surface area (Å²) in [6.45, 7) is 10.9. The van der Waals surface area contributed by atoms with Gasteiger partial charge < -0.3 is 19.3 Å². The number of furan rings is 1. The van der Waals surface area contributed by atoms with Crippen LogP contribution in [0.5, 0.6) is 5.75 Å². The van der Waals surface area contributed by atoms with Crippen LogP contribution < -0.4 is 9.80 Å². The minimum absolute atomic E-state index is 0.217. The molecule has 0 unspecified atom stereocenters. The molecule has 0 fully saturated rings. The van der Waals surface area contributed by atoms with Crippen molar-refractivity contribution in [1.82, 2.24) is 0 Å². The van der Waals surface area contributed by atoms with Crippen molar-refractivity contribution in [2.45, 2.75) is 60.3 Å². The first kappa shape index (κ1) is 48.8. The van der Waals surface area contributed by atoms with Gasteiger partial charge in [0.2, 0.25) is 0 Å². The lowest BCUT2D eigenvalue weighted by Crippen LogP contribution is -2.11. The number of phenolic OH excluding ortho intramolecular Hbond substituents is 1. The number of nitrogens with zero attached hydrogens (tertiary/aromatic N) is 2. The van der Waals surface area contributed by atoms with Crippen molar-refractivity contribution >= 4 is 83.7 Å². The number of para-hydroxylation sites is 3. The van der Waals surface area contributed by atoms with Crippen LogP contribution in [-0.4, -0.2) is 5.11 Å². The number of rotatable bonds is 14. The molecule has 0 aliphatic carbocycles. The summed E-state index contributed by atoms with van der Waals surface area (Å²) in [5, 5.41) is 19.3. The molecule has 4 heteroatoms. The average Bonchev–Trinajstić information content (AvgIpc) is 3.89. The fraction of sp³-hybridized carbons (Fsp3) is 0.123. The van der Waals surface area contributed by atoms with Crippen molar-refractivity contribution in [1.29, 1.82) is 0 Å². The number of hydrogen-bond donors (Lipinski definition) is 1. The van der Waals surface area contributed by atoms with Crippen molar-refractivity contribution in [2.24, 2.45) is 0 Å². The number of aryl methyl sites for hydroxylation is 4. The monoisotopic (exact) mass is 998 g/mol. The summed E-state index contributed by atoms with van der Waals surface area (Å²) in [5.41, 5.74) is 19.9. The van der Waals surface area contributed by atoms with Crippen LogP contribution in [0.3, 0.4) is 0 Å². The number of allylic oxidation sites excluding steroid dienone is 1. The third kappa shape index (κ3) is 8.80. The molecule has 376 valence electrons. The van der Waals surface area contributed by atoms with E-state index >= 15 is 0 Å². The SMILES string of the molecule is C/C=C\c1ccc(N(c2ccc(CC)cc2)c2cccc3c2oc2c(-c4ccccc4CC)cccc23)c2ccc3ccc(N(c4ccc(CC)cc4)c4cccc(-c5cccc(-c6ccccc6CC)c5)c4O)cc3c12. The van der Waals surface area contributed by atoms with E-state index in [1.165, 1.54) is 33.4 Å². The van der Waals surface area contributed by atoms with Crippen LogP contribution in [0.2, 0.25) is 0 Å². The van der Waals surface area contributed by atoms with Crippen molar-refractivity contribution in [3.05, 3.63) is 252 Å². The molecular weight excluding hydrogens is 937 g/mol. The van der Waals surface area contributed by atoms with Gasteiger partial charge in [-0.2, -0.15) is 0 Å². The predicted octanol–water partition coefficient (Wildman–Crippen LogP) is 20.8. The summed E-state index contributed by atoms with van der Waals surface area (Å²) in [4.78, 5) is 4.60. The van der Waals surface area contributed by atoms with E-state index in [1.54, 1.807) is 0 Å². The van der Waals surface area contributed by atoms with Crippen LogP contribution in [0.1, 0.15) is 62.4 Å². The van der Waals surface area contributed by atoms with Crippen LogP contribution >= 0.6 is 0 Å². The predicted molar refractivity (Wildman–Crippen MR) is 328 cm³/mol. The Bertz CT molecular complexity index is 4180. The van der Waals surface area contributed by atoms with E-state index in [0.29, 0.717) is 5.69 Å². The highest BCUT2D eigenvalue weighted by Crippen LogP contribution is 2.50. The minimum atomic E-state index is 0.217. The quantitative estimate of drug-likeness (QED) is 0.110. The van der Waals surface area contributed by atoms with Gasteiger partial charge in [0, 0.05) is 44.3 Å². The number of aromatic hydroxyl groups is 1. The van der Waals surface area contributed by atoms with Gasteiger partial charge in [0.15, 0.2) is 5.58 Å². The third-order valence-electron chi connectivity index (χ3n) is 15.6. The molecule has 1 N–H and O–H groups in total. The maximum atomic E-state index is 12.7. The van der Waals surface area contributed by atoms with Gasteiger partial charge in [-0.25, -0.2) is 0 Å². The maximum absolute atomic E-state index is 12.7. The molecule has 11 aromatic carbocycles. The standard InChI is InChI=1S/C73H62N2O2/c1-6-19-53-38-45-67(75(57-41-34-49(8-3)35-42-57)69-31-18-29-64-63-28-16-27-62(72(63)77-73(64)69)60-25-14-12-21-51(60)10-5)65-44-37-52-36-43-58(47-66(52)70(53)65)74(56-39-32-48(7-2)33-40-56)68-30-17-26-61(71(68)76)55-23-15-22-54(46-55)59-24-13-11-20-50(59)9-4/h6,11-47,76H,7-10H2,1-5H3/b19-6-. The Kier molecular flexibility index (Phi) is 13.2. The van der Waals surface area contributed by atoms with Gasteiger partial charge in [-0.05, 0) is 160 Å². The Hall–Kier alpha value is -9.12. The van der Waals surface area contributed by atoms with Crippen LogP contribution in [0.25, 0.3) is 82.9 Å². The maximum Gasteiger partial charge on any atom is 0.159 e. The molecule has 0 aliphatic heterocycles. The van der Waals surface area contributed by atoms with Gasteiger partial charge in [0.25, 0.3) is 0 Å². The molecule has 77 heavy (non-hydrogen) atoms. The number of benzene rings is 11. The molecule has 1 aromatic heterocycles. The summed E-state index contributed by atoms with van der Waals surface area (Å²) in [6.07, 6.45) is 8.08. The molecule has 0 atom stereocenters. The van der Waals surface area contributed by atoms with Crippen LogP contribution in [0, 0.1) is 0 Å². The lowest BCUT2D eigenvalue weighted by atomic mass is 9.94. The molecule has 12 rings (SSSR count). The highest BCUT2D eigenvalue weighted by molar-refractivity contribution is 6.19. The third-order valence-corrected chi connectivity index (χ3v) is 15.6. The fourth-order valence-electron chi connectivity index (χ4n) is 11.6. The smallest absolute Gasteiger partial charge is 0.159 e. The highest BCUT2D eigenvalue weighted by atomic mass is 16.3. The molecule has 0 spiro atoms. The number of hydrogen-bond acceptors (Lipinski definition) is 4. The van der Waals surface area contributed by atoms with Gasteiger partial charge in [0.05, 0.1) is 17.1 Å². The van der Waals surface area contributed by atoms with Crippen molar-refractivity contribution in [3.8, 4) is 39.1 Å². The molecule has 0 saturated carbocycles. The molecular formula is C73H62N2O2. The zero-order valence-corrected chi connectivity index (χ0v) is 44.5. The zero-order valence-electron chi connectivity index (χ0n) is 44.5. The van der Waals surface area contributed by atoms with E-state index in [0.717, 1.165) is 125 Å². The Morgan fingerprint density at radius 1 is 0.403 bits per heavy atom. The molecule has 0 bridgehead atoms. The lowest BCUT2D eigenvalue weighted by Gasteiger charge is -2.29. The normalized spacial score (nSPS) is 11.6. The van der Waals surface area contributed by atoms with Gasteiger partial charge in [0.1, 0.15) is 11.3 Å². The molecule has 0 saturated heterocycles. The van der Waals surface area contributed by atoms with Crippen LogP contribution in [0.4, 0.5) is 34.1 Å². The van der Waals surface area contributed by atoms with E-state index in [4.69, 9.17) is 4.42 Å². The highest BCUT2D eigenvalue weighted by Gasteiger charge is 2.25. The second kappa shape index (κ2) is 20.9. The molecule has 0 aliphatic rings. The average molecular weight is 999 g/mol. The Morgan fingerprint density at radius 2 is 0.961 bits per heavy atom. The van der Waals surface area contributed by atoms with Gasteiger partial charge in [-0.3, -0.25) is 0 Å². The Labute approximate surface area is 452 Å². The Morgan fingerprint density at radius 3 is 1.66 bits per heavy atom. The van der Waals surface area contributed by atoms with Gasteiger partial charge >= 0.3 is 0 Å². The molecule has 4 nitrogen and oxygen atoms in total. The second-order valence-electron chi connectivity index (χ2n) is 20.0. The van der Waals surface area contributed by atoms with E-state index in [9.17, 15) is 5.11 Å². The van der Waals surface area contributed by atoms with E-state index < -0.39 is 0 Å². The summed E-state index contributed by atoms with van der Waals surface area (Å²) in [7, 11) is 0. The van der Waals surface area contributed by atoms with Crippen LogP contribution in [-0.2, 0) is 25.7 Å². The van der Waals surface area contributed by atoms with E-state index in [1.807, 2.05) is 12.1 Å². The minimum Gasteiger partial charge on any atom is -0.505 e. The lowest BCUT2D eigenvalue weighted by molar-refractivity contribution is 0.478. The molecule has 1 heterocycles. The zero-order chi connectivity index (χ0) is 52.6. The largest absolute Gasteiger partial charge is 0.505 e. The van der Waals surface area contributed by atoms with Crippen molar-refractivity contribution < 1.29 is 9.52 Å². The Balaban J connectivity index is 1.07. The number of fused-ring (bicyclic) bond motifs is 6. The molecule has 0 amide bonds. The first-order valence-corrected chi connectivity index (χ1v) is 27.3. The first-order valence-electron chi connectivity index (χ1n) is 27.3. The van der Waals surface area contributed by atoms with Gasteiger partial charge in [-0.15, -0.1) is 0 Å². The summed E-state index contributed by atoms with van der Waals surface area (Å²) < 4.78 is 7.23. The number of phenols is 1. The van der Waals surface area contributed by atoms with Crippen molar-refractivity contribution in [2.75, 3.05) is 9.80 Å². The summed E-state index contributed by atoms with van der Waals surface area (Å²) in [6, 6.07) is 78.6. The second-order valence-corrected chi connectivity index (χ2v) is 20.0. The summed E-state index contributed by atoms with van der Waals surface area (Å²) >= 11 is 0. The summed E-state index contributed by atoms with van der Waals surface area (Å²) in [5.74, 6) is 0.217. The van der Waals surface area contributed by atoms with E-state index in [-0.39, 0.29) is 5.75 Å². The van der Waals surface area contributed by atoms with Crippen molar-refractivity contribution in [3.63, 3.8) is 0 Å². The molecule has 12 aromatic rings. The van der Waals surface area contributed by atoms with E-state index in [2.05, 4.69) is 263 Å².